The Bertz CT molecular complexity index is 389. The van der Waals surface area contributed by atoms with Crippen molar-refractivity contribution in [3.63, 3.8) is 0 Å². The molecule has 1 unspecified atom stereocenters. The van der Waals surface area contributed by atoms with Gasteiger partial charge in [-0.25, -0.2) is 0 Å². The zero-order chi connectivity index (χ0) is 12.3. The Morgan fingerprint density at radius 2 is 2.35 bits per heavy atom. The minimum atomic E-state index is 0.193. The number of alkyl halides is 1. The molecule has 2 nitrogen and oxygen atoms in total. The maximum atomic E-state index is 12.5. The summed E-state index contributed by atoms with van der Waals surface area (Å²) in [5.41, 5.74) is 1.96. The van der Waals surface area contributed by atoms with E-state index >= 15 is 0 Å². The van der Waals surface area contributed by atoms with Crippen molar-refractivity contribution in [2.75, 3.05) is 12.4 Å². The van der Waals surface area contributed by atoms with Crippen LogP contribution in [0, 0.1) is 6.92 Å². The largest absolute Gasteiger partial charge is 0.336 e. The number of aryl methyl sites for hydroxylation is 1. The van der Waals surface area contributed by atoms with Crippen LogP contribution in [0.4, 0.5) is 0 Å². The van der Waals surface area contributed by atoms with E-state index in [2.05, 4.69) is 0 Å². The first kappa shape index (κ1) is 12.9. The van der Waals surface area contributed by atoms with Gasteiger partial charge in [-0.1, -0.05) is 0 Å². The fourth-order valence-electron chi connectivity index (χ4n) is 2.43. The normalized spacial score (nSPS) is 20.6. The summed E-state index contributed by atoms with van der Waals surface area (Å²) in [6.45, 7) is 2.89. The maximum Gasteiger partial charge on any atom is 0.255 e. The summed E-state index contributed by atoms with van der Waals surface area (Å²) in [6.07, 6.45) is 4.35. The van der Waals surface area contributed by atoms with Crippen molar-refractivity contribution < 1.29 is 4.79 Å². The van der Waals surface area contributed by atoms with E-state index in [4.69, 9.17) is 11.6 Å². The summed E-state index contributed by atoms with van der Waals surface area (Å²) in [5, 5.41) is 4.00. The Morgan fingerprint density at radius 1 is 1.53 bits per heavy atom. The predicted molar refractivity (Wildman–Crippen MR) is 73.1 cm³/mol. The first-order chi connectivity index (χ1) is 8.24. The van der Waals surface area contributed by atoms with Gasteiger partial charge in [0.15, 0.2) is 0 Å². The standard InChI is InChI=1S/C13H18ClNOS/c1-10-8-17-9-12(10)13(16)15-7-3-2-4-11(15)5-6-14/h8-9,11H,2-7H2,1H3. The molecule has 0 aliphatic carbocycles. The average Bonchev–Trinajstić information content (AvgIpc) is 2.76. The van der Waals surface area contributed by atoms with E-state index < -0.39 is 0 Å². The highest BCUT2D eigenvalue weighted by molar-refractivity contribution is 7.08. The lowest BCUT2D eigenvalue weighted by atomic mass is 9.99. The van der Waals surface area contributed by atoms with Gasteiger partial charge in [0, 0.05) is 23.8 Å². The molecule has 17 heavy (non-hydrogen) atoms. The van der Waals surface area contributed by atoms with E-state index in [9.17, 15) is 4.79 Å². The molecule has 2 heterocycles. The van der Waals surface area contributed by atoms with Crippen LogP contribution in [-0.4, -0.2) is 29.3 Å². The van der Waals surface area contributed by atoms with Crippen LogP contribution in [0.5, 0.6) is 0 Å². The van der Waals surface area contributed by atoms with Crippen molar-refractivity contribution in [1.82, 2.24) is 4.90 Å². The van der Waals surface area contributed by atoms with Crippen molar-refractivity contribution >= 4 is 28.8 Å². The van der Waals surface area contributed by atoms with Gasteiger partial charge in [0.1, 0.15) is 0 Å². The Labute approximate surface area is 112 Å². The lowest BCUT2D eigenvalue weighted by Gasteiger charge is -2.35. The number of piperidine rings is 1. The molecule has 1 aromatic heterocycles. The topological polar surface area (TPSA) is 20.3 Å². The molecule has 1 saturated heterocycles. The van der Waals surface area contributed by atoms with Crippen LogP contribution in [0.25, 0.3) is 0 Å². The van der Waals surface area contributed by atoms with Crippen LogP contribution in [0.1, 0.15) is 41.6 Å². The number of hydrogen-bond donors (Lipinski definition) is 0. The highest BCUT2D eigenvalue weighted by atomic mass is 35.5. The van der Waals surface area contributed by atoms with Gasteiger partial charge >= 0.3 is 0 Å². The summed E-state index contributed by atoms with van der Waals surface area (Å²) in [5.74, 6) is 0.829. The smallest absolute Gasteiger partial charge is 0.255 e. The van der Waals surface area contributed by atoms with E-state index in [1.54, 1.807) is 11.3 Å². The summed E-state index contributed by atoms with van der Waals surface area (Å²) < 4.78 is 0. The van der Waals surface area contributed by atoms with Gasteiger partial charge < -0.3 is 4.90 Å². The van der Waals surface area contributed by atoms with Crippen LogP contribution < -0.4 is 0 Å². The van der Waals surface area contributed by atoms with Gasteiger partial charge in [0.05, 0.1) is 5.56 Å². The van der Waals surface area contributed by atoms with E-state index in [1.807, 2.05) is 22.6 Å². The Balaban J connectivity index is 2.14. The number of nitrogens with zero attached hydrogens (tertiary/aromatic N) is 1. The second-order valence-electron chi connectivity index (χ2n) is 4.59. The van der Waals surface area contributed by atoms with E-state index in [0.29, 0.717) is 11.9 Å². The third-order valence-electron chi connectivity index (χ3n) is 3.42. The maximum absolute atomic E-state index is 12.5. The number of likely N-dealkylation sites (tertiary alicyclic amines) is 1. The van der Waals surface area contributed by atoms with Crippen molar-refractivity contribution in [2.24, 2.45) is 0 Å². The van der Waals surface area contributed by atoms with Gasteiger partial charge in [0.2, 0.25) is 0 Å². The molecule has 0 bridgehead atoms. The second-order valence-corrected chi connectivity index (χ2v) is 5.72. The molecule has 2 rings (SSSR count). The number of carbonyl (C=O) groups excluding carboxylic acids is 1. The first-order valence-corrected chi connectivity index (χ1v) is 7.61. The minimum absolute atomic E-state index is 0.193. The van der Waals surface area contributed by atoms with Crippen molar-refractivity contribution in [3.05, 3.63) is 21.9 Å². The zero-order valence-corrected chi connectivity index (χ0v) is 11.7. The van der Waals surface area contributed by atoms with Crippen molar-refractivity contribution in [2.45, 2.75) is 38.6 Å². The van der Waals surface area contributed by atoms with Crippen LogP contribution in [0.2, 0.25) is 0 Å². The van der Waals surface area contributed by atoms with Gasteiger partial charge in [-0.15, -0.1) is 11.6 Å². The van der Waals surface area contributed by atoms with Crippen LogP contribution in [0.15, 0.2) is 10.8 Å². The number of hydrogen-bond acceptors (Lipinski definition) is 2. The quantitative estimate of drug-likeness (QED) is 0.768. The molecule has 1 aromatic rings. The summed E-state index contributed by atoms with van der Waals surface area (Å²) in [4.78, 5) is 14.5. The molecule has 94 valence electrons. The van der Waals surface area contributed by atoms with E-state index in [1.165, 1.54) is 6.42 Å². The average molecular weight is 272 g/mol. The lowest BCUT2D eigenvalue weighted by molar-refractivity contribution is 0.0609. The number of thiophene rings is 1. The van der Waals surface area contributed by atoms with Gasteiger partial charge in [0.25, 0.3) is 5.91 Å². The molecule has 0 aromatic carbocycles. The van der Waals surface area contributed by atoms with Gasteiger partial charge in [-0.05, 0) is 43.6 Å². The van der Waals surface area contributed by atoms with E-state index in [0.717, 1.165) is 36.9 Å². The summed E-state index contributed by atoms with van der Waals surface area (Å²) >= 11 is 7.42. The minimum Gasteiger partial charge on any atom is -0.336 e. The summed E-state index contributed by atoms with van der Waals surface area (Å²) in [7, 11) is 0. The van der Waals surface area contributed by atoms with E-state index in [-0.39, 0.29) is 5.91 Å². The molecule has 1 amide bonds. The van der Waals surface area contributed by atoms with Crippen molar-refractivity contribution in [1.29, 1.82) is 0 Å². The van der Waals surface area contributed by atoms with Gasteiger partial charge in [-0.2, -0.15) is 11.3 Å². The lowest BCUT2D eigenvalue weighted by Crippen LogP contribution is -2.44. The SMILES string of the molecule is Cc1cscc1C(=O)N1CCCCC1CCCl. The summed E-state index contributed by atoms with van der Waals surface area (Å²) in [6, 6.07) is 0.341. The molecular formula is C13H18ClNOS. The molecule has 0 spiro atoms. The molecule has 1 fully saturated rings. The Kier molecular flexibility index (Phi) is 4.46. The zero-order valence-electron chi connectivity index (χ0n) is 10.1. The van der Waals surface area contributed by atoms with Crippen LogP contribution >= 0.6 is 22.9 Å². The highest BCUT2D eigenvalue weighted by Crippen LogP contribution is 2.24. The third-order valence-corrected chi connectivity index (χ3v) is 4.50. The van der Waals surface area contributed by atoms with Crippen LogP contribution in [0.3, 0.4) is 0 Å². The monoisotopic (exact) mass is 271 g/mol. The third kappa shape index (κ3) is 2.83. The second kappa shape index (κ2) is 5.87. The molecule has 1 atom stereocenters. The molecule has 0 radical (unpaired) electrons. The van der Waals surface area contributed by atoms with Crippen molar-refractivity contribution in [3.8, 4) is 0 Å². The number of rotatable bonds is 3. The van der Waals surface area contributed by atoms with Gasteiger partial charge in [-0.3, -0.25) is 4.79 Å². The Morgan fingerprint density at radius 3 is 3.00 bits per heavy atom. The predicted octanol–water partition coefficient (Wildman–Crippen LogP) is 3.68. The number of carbonyl (C=O) groups is 1. The first-order valence-electron chi connectivity index (χ1n) is 6.13. The molecule has 0 N–H and O–H groups in total. The molecule has 1 aliphatic heterocycles. The van der Waals surface area contributed by atoms with Crippen LogP contribution in [-0.2, 0) is 0 Å². The number of amides is 1. The molecular weight excluding hydrogens is 254 g/mol. The Hall–Kier alpha value is -0.540. The molecule has 0 saturated carbocycles. The fraction of sp³-hybridized carbons (Fsp3) is 0.615. The highest BCUT2D eigenvalue weighted by Gasteiger charge is 2.27. The fourth-order valence-corrected chi connectivity index (χ4v) is 3.50. The number of halogens is 1. The molecule has 1 aliphatic rings. The molecule has 4 heteroatoms.